The molecule has 0 saturated carbocycles. The number of nitro benzene ring substituents is 1. The first-order chi connectivity index (χ1) is 6.69. The van der Waals surface area contributed by atoms with Crippen molar-refractivity contribution in [2.24, 2.45) is 0 Å². The molecular weight excluding hydrogens is 184 g/mol. The lowest BCUT2D eigenvalue weighted by atomic mass is 10.2. The molecule has 0 bridgehead atoms. The maximum atomic E-state index is 10.6. The van der Waals surface area contributed by atoms with Gasteiger partial charge < -0.3 is 10.1 Å². The molecule has 0 spiro atoms. The van der Waals surface area contributed by atoms with Gasteiger partial charge in [-0.05, 0) is 18.7 Å². The molecule has 0 amide bonds. The van der Waals surface area contributed by atoms with Crippen molar-refractivity contribution in [3.05, 3.63) is 33.9 Å². The van der Waals surface area contributed by atoms with Crippen LogP contribution in [0.5, 0.6) is 5.75 Å². The van der Waals surface area contributed by atoms with Crippen LogP contribution in [0.1, 0.15) is 5.56 Å². The Morgan fingerprint density at radius 2 is 2.29 bits per heavy atom. The Morgan fingerprint density at radius 3 is 2.79 bits per heavy atom. The minimum absolute atomic E-state index is 0.000231. The molecule has 0 fully saturated rings. The van der Waals surface area contributed by atoms with E-state index in [4.69, 9.17) is 4.74 Å². The number of ether oxygens (including phenoxy) is 1. The fourth-order valence-electron chi connectivity index (χ4n) is 1.19. The Bertz CT molecular complexity index is 339. The van der Waals surface area contributed by atoms with Crippen LogP contribution < -0.4 is 10.1 Å². The number of benzene rings is 1. The van der Waals surface area contributed by atoms with Crippen LogP contribution in [0, 0.1) is 10.1 Å². The number of hydrogen-bond donors (Lipinski definition) is 1. The number of nitrogens with zero attached hydrogens (tertiary/aromatic N) is 1. The summed E-state index contributed by atoms with van der Waals surface area (Å²) in [5, 5.41) is 13.6. The van der Waals surface area contributed by atoms with E-state index in [1.807, 2.05) is 0 Å². The van der Waals surface area contributed by atoms with Crippen LogP contribution in [-0.4, -0.2) is 19.1 Å². The van der Waals surface area contributed by atoms with Gasteiger partial charge >= 0.3 is 5.69 Å². The molecule has 0 saturated heterocycles. The van der Waals surface area contributed by atoms with E-state index < -0.39 is 4.92 Å². The van der Waals surface area contributed by atoms with Crippen molar-refractivity contribution in [3.8, 4) is 5.75 Å². The molecular formula is C9H12N2O3. The Morgan fingerprint density at radius 1 is 1.57 bits per heavy atom. The standard InChI is InChI=1S/C9H12N2O3/c1-10-6-7-3-4-9(14-2)8(5-7)11(12)13/h3-5,10H,6H2,1-2H3. The van der Waals surface area contributed by atoms with Gasteiger partial charge in [-0.2, -0.15) is 0 Å². The zero-order valence-corrected chi connectivity index (χ0v) is 8.11. The molecule has 76 valence electrons. The third-order valence-corrected chi connectivity index (χ3v) is 1.82. The van der Waals surface area contributed by atoms with Gasteiger partial charge in [0.05, 0.1) is 12.0 Å². The van der Waals surface area contributed by atoms with Crippen molar-refractivity contribution < 1.29 is 9.66 Å². The predicted octanol–water partition coefficient (Wildman–Crippen LogP) is 1.32. The SMILES string of the molecule is CNCc1ccc(OC)c([N+](=O)[O-])c1. The lowest BCUT2D eigenvalue weighted by Gasteiger charge is -2.04. The first-order valence-electron chi connectivity index (χ1n) is 4.15. The first-order valence-corrected chi connectivity index (χ1v) is 4.15. The summed E-state index contributed by atoms with van der Waals surface area (Å²) in [4.78, 5) is 10.2. The van der Waals surface area contributed by atoms with Gasteiger partial charge in [0.25, 0.3) is 0 Å². The summed E-state index contributed by atoms with van der Waals surface area (Å²) in [5.41, 5.74) is 0.861. The third kappa shape index (κ3) is 2.20. The van der Waals surface area contributed by atoms with Gasteiger partial charge in [-0.1, -0.05) is 6.07 Å². The smallest absolute Gasteiger partial charge is 0.311 e. The molecule has 0 radical (unpaired) electrons. The number of hydrogen-bond acceptors (Lipinski definition) is 4. The zero-order valence-electron chi connectivity index (χ0n) is 8.11. The predicted molar refractivity (Wildman–Crippen MR) is 52.4 cm³/mol. The Balaban J connectivity index is 3.07. The Labute approximate surface area is 81.8 Å². The second-order valence-corrected chi connectivity index (χ2v) is 2.79. The van der Waals surface area contributed by atoms with Crippen LogP contribution in [0.15, 0.2) is 18.2 Å². The molecule has 1 rings (SSSR count). The fraction of sp³-hybridized carbons (Fsp3) is 0.333. The molecule has 0 unspecified atom stereocenters. The molecule has 5 nitrogen and oxygen atoms in total. The van der Waals surface area contributed by atoms with E-state index >= 15 is 0 Å². The fourth-order valence-corrected chi connectivity index (χ4v) is 1.19. The van der Waals surface area contributed by atoms with E-state index in [-0.39, 0.29) is 11.4 Å². The summed E-state index contributed by atoms with van der Waals surface area (Å²) >= 11 is 0. The van der Waals surface area contributed by atoms with E-state index in [1.54, 1.807) is 19.2 Å². The number of nitro groups is 1. The molecule has 0 aliphatic rings. The van der Waals surface area contributed by atoms with E-state index in [0.717, 1.165) is 5.56 Å². The second-order valence-electron chi connectivity index (χ2n) is 2.79. The summed E-state index contributed by atoms with van der Waals surface area (Å²) in [5.74, 6) is 0.287. The van der Waals surface area contributed by atoms with Gasteiger partial charge in [-0.15, -0.1) is 0 Å². The number of nitrogens with one attached hydrogen (secondary N) is 1. The van der Waals surface area contributed by atoms with Gasteiger partial charge in [-0.3, -0.25) is 10.1 Å². The van der Waals surface area contributed by atoms with Crippen molar-refractivity contribution in [2.75, 3.05) is 14.2 Å². The van der Waals surface area contributed by atoms with Gasteiger partial charge in [0.1, 0.15) is 0 Å². The molecule has 1 aromatic carbocycles. The summed E-state index contributed by atoms with van der Waals surface area (Å²) < 4.78 is 4.88. The molecule has 0 atom stereocenters. The van der Waals surface area contributed by atoms with E-state index in [9.17, 15) is 10.1 Å². The minimum atomic E-state index is -0.446. The molecule has 0 aromatic heterocycles. The highest BCUT2D eigenvalue weighted by molar-refractivity contribution is 5.48. The van der Waals surface area contributed by atoms with Crippen molar-refractivity contribution in [3.63, 3.8) is 0 Å². The van der Waals surface area contributed by atoms with Crippen molar-refractivity contribution >= 4 is 5.69 Å². The van der Waals surface area contributed by atoms with E-state index in [1.165, 1.54) is 13.2 Å². The second kappa shape index (κ2) is 4.57. The first kappa shape index (κ1) is 10.5. The quantitative estimate of drug-likeness (QED) is 0.582. The number of rotatable bonds is 4. The average Bonchev–Trinajstić information content (AvgIpc) is 2.18. The van der Waals surface area contributed by atoms with Gasteiger partial charge in [0, 0.05) is 12.6 Å². The molecule has 0 aliphatic carbocycles. The molecule has 1 aromatic rings. The van der Waals surface area contributed by atoms with Crippen molar-refractivity contribution in [2.45, 2.75) is 6.54 Å². The van der Waals surface area contributed by atoms with Crippen molar-refractivity contribution in [1.82, 2.24) is 5.32 Å². The highest BCUT2D eigenvalue weighted by atomic mass is 16.6. The molecule has 1 N–H and O–H groups in total. The third-order valence-electron chi connectivity index (χ3n) is 1.82. The topological polar surface area (TPSA) is 64.4 Å². The summed E-state index contributed by atoms with van der Waals surface area (Å²) in [6.45, 7) is 0.602. The Hall–Kier alpha value is -1.62. The highest BCUT2D eigenvalue weighted by Gasteiger charge is 2.14. The van der Waals surface area contributed by atoms with Crippen LogP contribution in [0.4, 0.5) is 5.69 Å². The molecule has 5 heteroatoms. The van der Waals surface area contributed by atoms with Crippen LogP contribution in [0.25, 0.3) is 0 Å². The summed E-state index contributed by atoms with van der Waals surface area (Å²) in [6, 6.07) is 4.91. The van der Waals surface area contributed by atoms with Gasteiger partial charge in [0.2, 0.25) is 0 Å². The monoisotopic (exact) mass is 196 g/mol. The molecule has 0 heterocycles. The van der Waals surface area contributed by atoms with Crippen molar-refractivity contribution in [1.29, 1.82) is 0 Å². The van der Waals surface area contributed by atoms with E-state index in [2.05, 4.69) is 5.32 Å². The highest BCUT2D eigenvalue weighted by Crippen LogP contribution is 2.27. The van der Waals surface area contributed by atoms with Gasteiger partial charge in [-0.25, -0.2) is 0 Å². The largest absolute Gasteiger partial charge is 0.490 e. The minimum Gasteiger partial charge on any atom is -0.490 e. The Kier molecular flexibility index (Phi) is 3.41. The normalized spacial score (nSPS) is 9.86. The van der Waals surface area contributed by atoms with Crippen LogP contribution >= 0.6 is 0 Å². The summed E-state index contributed by atoms with van der Waals surface area (Å²) in [6.07, 6.45) is 0. The maximum absolute atomic E-state index is 10.6. The van der Waals surface area contributed by atoms with Gasteiger partial charge in [0.15, 0.2) is 5.75 Å². The lowest BCUT2D eigenvalue weighted by molar-refractivity contribution is -0.385. The number of methoxy groups -OCH3 is 1. The van der Waals surface area contributed by atoms with Crippen LogP contribution in [-0.2, 0) is 6.54 Å². The lowest BCUT2D eigenvalue weighted by Crippen LogP contribution is -2.05. The maximum Gasteiger partial charge on any atom is 0.311 e. The van der Waals surface area contributed by atoms with Crippen LogP contribution in [0.2, 0.25) is 0 Å². The zero-order chi connectivity index (χ0) is 10.6. The molecule has 14 heavy (non-hydrogen) atoms. The average molecular weight is 196 g/mol. The molecule has 0 aliphatic heterocycles. The van der Waals surface area contributed by atoms with E-state index in [0.29, 0.717) is 6.54 Å². The summed E-state index contributed by atoms with van der Waals surface area (Å²) in [7, 11) is 3.20. The van der Waals surface area contributed by atoms with Crippen LogP contribution in [0.3, 0.4) is 0 Å².